The predicted molar refractivity (Wildman–Crippen MR) is 79.8 cm³/mol. The molecule has 19 heavy (non-hydrogen) atoms. The summed E-state index contributed by atoms with van der Waals surface area (Å²) in [6.07, 6.45) is 3.66. The number of hydrogen-bond donors (Lipinski definition) is 1. The van der Waals surface area contributed by atoms with Crippen molar-refractivity contribution in [2.24, 2.45) is 0 Å². The van der Waals surface area contributed by atoms with Crippen LogP contribution >= 0.6 is 11.3 Å². The maximum atomic E-state index is 5.88. The number of benzene rings is 1. The van der Waals surface area contributed by atoms with Gasteiger partial charge in [0.1, 0.15) is 12.4 Å². The summed E-state index contributed by atoms with van der Waals surface area (Å²) < 4.78 is 5.88. The van der Waals surface area contributed by atoms with E-state index in [0.717, 1.165) is 5.75 Å². The highest BCUT2D eigenvalue weighted by atomic mass is 32.1. The molecule has 1 heterocycles. The van der Waals surface area contributed by atoms with Crippen LogP contribution in [0, 0.1) is 0 Å². The summed E-state index contributed by atoms with van der Waals surface area (Å²) in [5, 5.41) is 5.48. The Morgan fingerprint density at radius 1 is 1.37 bits per heavy atom. The molecule has 2 nitrogen and oxygen atoms in total. The summed E-state index contributed by atoms with van der Waals surface area (Å²) in [6, 6.07) is 11.2. The lowest BCUT2D eigenvalue weighted by atomic mass is 9.87. The van der Waals surface area contributed by atoms with Crippen molar-refractivity contribution < 1.29 is 4.74 Å². The van der Waals surface area contributed by atoms with Crippen LogP contribution < -0.4 is 10.1 Å². The SMILES string of the molecule is CNC1CCCc2cc(OCc3cccs3)ccc21. The molecule has 1 aliphatic carbocycles. The number of aryl methyl sites for hydroxylation is 1. The highest BCUT2D eigenvalue weighted by Crippen LogP contribution is 2.32. The zero-order valence-electron chi connectivity index (χ0n) is 11.2. The van der Waals surface area contributed by atoms with Crippen LogP contribution in [0.25, 0.3) is 0 Å². The zero-order valence-corrected chi connectivity index (χ0v) is 12.0. The van der Waals surface area contributed by atoms with Crippen LogP contribution in [0.2, 0.25) is 0 Å². The second kappa shape index (κ2) is 5.76. The van der Waals surface area contributed by atoms with Crippen LogP contribution in [0.15, 0.2) is 35.7 Å². The van der Waals surface area contributed by atoms with Crippen molar-refractivity contribution >= 4 is 11.3 Å². The van der Waals surface area contributed by atoms with Gasteiger partial charge < -0.3 is 10.1 Å². The molecule has 3 rings (SSSR count). The van der Waals surface area contributed by atoms with Crippen LogP contribution in [-0.4, -0.2) is 7.05 Å². The van der Waals surface area contributed by atoms with Crippen LogP contribution in [0.1, 0.15) is 34.9 Å². The lowest BCUT2D eigenvalue weighted by Crippen LogP contribution is -2.21. The Labute approximate surface area is 118 Å². The fraction of sp³-hybridized carbons (Fsp3) is 0.375. The number of rotatable bonds is 4. The van der Waals surface area contributed by atoms with Crippen LogP contribution in [-0.2, 0) is 13.0 Å². The number of fused-ring (bicyclic) bond motifs is 1. The number of ether oxygens (including phenoxy) is 1. The fourth-order valence-corrected chi connectivity index (χ4v) is 3.35. The Kier molecular flexibility index (Phi) is 3.85. The summed E-state index contributed by atoms with van der Waals surface area (Å²) in [7, 11) is 2.04. The Morgan fingerprint density at radius 3 is 3.11 bits per heavy atom. The molecule has 0 amide bonds. The maximum Gasteiger partial charge on any atom is 0.122 e. The quantitative estimate of drug-likeness (QED) is 0.911. The van der Waals surface area contributed by atoms with E-state index in [9.17, 15) is 0 Å². The van der Waals surface area contributed by atoms with Gasteiger partial charge in [-0.05, 0) is 61.0 Å². The molecule has 0 saturated heterocycles. The predicted octanol–water partition coefficient (Wildman–Crippen LogP) is 3.92. The lowest BCUT2D eigenvalue weighted by molar-refractivity contribution is 0.309. The Morgan fingerprint density at radius 2 is 2.32 bits per heavy atom. The number of thiophene rings is 1. The topological polar surface area (TPSA) is 21.3 Å². The van der Waals surface area contributed by atoms with E-state index in [-0.39, 0.29) is 0 Å². The van der Waals surface area contributed by atoms with Gasteiger partial charge in [-0.3, -0.25) is 0 Å². The highest BCUT2D eigenvalue weighted by Gasteiger charge is 2.18. The van der Waals surface area contributed by atoms with Crippen LogP contribution in [0.3, 0.4) is 0 Å². The third kappa shape index (κ3) is 2.82. The summed E-state index contributed by atoms with van der Waals surface area (Å²) >= 11 is 1.74. The van der Waals surface area contributed by atoms with Crippen molar-refractivity contribution in [2.75, 3.05) is 7.05 Å². The van der Waals surface area contributed by atoms with Gasteiger partial charge in [-0.15, -0.1) is 11.3 Å². The zero-order chi connectivity index (χ0) is 13.1. The minimum absolute atomic E-state index is 0.509. The first-order valence-corrected chi connectivity index (χ1v) is 7.70. The molecule has 0 saturated carbocycles. The Bertz CT molecular complexity index is 536. The van der Waals surface area contributed by atoms with E-state index in [1.807, 2.05) is 7.05 Å². The van der Waals surface area contributed by atoms with Crippen LogP contribution in [0.5, 0.6) is 5.75 Å². The molecular formula is C16H19NOS. The highest BCUT2D eigenvalue weighted by molar-refractivity contribution is 7.09. The maximum absolute atomic E-state index is 5.88. The first kappa shape index (κ1) is 12.7. The molecule has 0 aliphatic heterocycles. The standard InChI is InChI=1S/C16H19NOS/c1-17-16-6-2-4-12-10-13(7-8-15(12)16)18-11-14-5-3-9-19-14/h3,5,7-10,16-17H,2,4,6,11H2,1H3. The number of nitrogens with one attached hydrogen (secondary N) is 1. The van der Waals surface area contributed by atoms with E-state index in [2.05, 4.69) is 41.0 Å². The van der Waals surface area contributed by atoms with Gasteiger partial charge in [0.25, 0.3) is 0 Å². The first-order chi connectivity index (χ1) is 9.36. The molecule has 1 unspecified atom stereocenters. The van der Waals surface area contributed by atoms with Crippen molar-refractivity contribution in [3.05, 3.63) is 51.7 Å². The summed E-state index contributed by atoms with van der Waals surface area (Å²) in [4.78, 5) is 1.27. The van der Waals surface area contributed by atoms with Gasteiger partial charge >= 0.3 is 0 Å². The molecule has 1 aliphatic rings. The van der Waals surface area contributed by atoms with Crippen molar-refractivity contribution in [3.63, 3.8) is 0 Å². The molecule has 2 aromatic rings. The molecule has 0 radical (unpaired) electrons. The van der Waals surface area contributed by atoms with Crippen molar-refractivity contribution in [1.29, 1.82) is 0 Å². The molecule has 100 valence electrons. The normalized spacial score (nSPS) is 18.1. The smallest absolute Gasteiger partial charge is 0.122 e. The van der Waals surface area contributed by atoms with E-state index in [0.29, 0.717) is 12.6 Å². The van der Waals surface area contributed by atoms with Crippen molar-refractivity contribution in [1.82, 2.24) is 5.32 Å². The third-order valence-electron chi connectivity index (χ3n) is 3.74. The third-order valence-corrected chi connectivity index (χ3v) is 4.59. The van der Waals surface area contributed by atoms with Crippen molar-refractivity contribution in [3.8, 4) is 5.75 Å². The van der Waals surface area contributed by atoms with E-state index in [1.165, 1.54) is 35.3 Å². The molecule has 0 bridgehead atoms. The van der Waals surface area contributed by atoms with E-state index < -0.39 is 0 Å². The molecule has 3 heteroatoms. The molecular weight excluding hydrogens is 254 g/mol. The van der Waals surface area contributed by atoms with Crippen LogP contribution in [0.4, 0.5) is 0 Å². The Hall–Kier alpha value is -1.32. The van der Waals surface area contributed by atoms with E-state index in [1.54, 1.807) is 11.3 Å². The molecule has 1 N–H and O–H groups in total. The second-order valence-corrected chi connectivity index (χ2v) is 5.99. The first-order valence-electron chi connectivity index (χ1n) is 6.82. The minimum Gasteiger partial charge on any atom is -0.488 e. The molecule has 0 spiro atoms. The van der Waals surface area contributed by atoms with E-state index >= 15 is 0 Å². The van der Waals surface area contributed by atoms with Gasteiger partial charge in [0.2, 0.25) is 0 Å². The largest absolute Gasteiger partial charge is 0.488 e. The van der Waals surface area contributed by atoms with Gasteiger partial charge in [0.15, 0.2) is 0 Å². The van der Waals surface area contributed by atoms with Gasteiger partial charge in [0.05, 0.1) is 0 Å². The molecule has 1 aromatic carbocycles. The summed E-state index contributed by atoms with van der Waals surface area (Å²) in [5.41, 5.74) is 2.88. The van der Waals surface area contributed by atoms with Gasteiger partial charge in [-0.2, -0.15) is 0 Å². The average molecular weight is 273 g/mol. The van der Waals surface area contributed by atoms with Gasteiger partial charge in [-0.25, -0.2) is 0 Å². The summed E-state index contributed by atoms with van der Waals surface area (Å²) in [5.74, 6) is 0.990. The van der Waals surface area contributed by atoms with E-state index in [4.69, 9.17) is 4.74 Å². The van der Waals surface area contributed by atoms with Crippen molar-refractivity contribution in [2.45, 2.75) is 31.9 Å². The van der Waals surface area contributed by atoms with Gasteiger partial charge in [0, 0.05) is 10.9 Å². The molecule has 0 fully saturated rings. The lowest BCUT2D eigenvalue weighted by Gasteiger charge is -2.25. The number of hydrogen-bond acceptors (Lipinski definition) is 3. The minimum atomic E-state index is 0.509. The molecule has 1 atom stereocenters. The van der Waals surface area contributed by atoms with Gasteiger partial charge in [-0.1, -0.05) is 12.1 Å². The Balaban J connectivity index is 1.74. The molecule has 1 aromatic heterocycles. The average Bonchev–Trinajstić information content (AvgIpc) is 2.97. The monoisotopic (exact) mass is 273 g/mol. The summed E-state index contributed by atoms with van der Waals surface area (Å²) in [6.45, 7) is 0.673. The second-order valence-electron chi connectivity index (χ2n) is 4.96. The fourth-order valence-electron chi connectivity index (χ4n) is 2.73.